The smallest absolute Gasteiger partial charge is 0.187 e. The Labute approximate surface area is 165 Å². The Morgan fingerprint density at radius 1 is 0.621 bits per heavy atom. The normalized spacial score (nSPS) is 54.3. The van der Waals surface area contributed by atoms with E-state index in [-0.39, 0.29) is 13.2 Å². The zero-order chi connectivity index (χ0) is 21.5. The molecule has 13 atom stereocenters. The van der Waals surface area contributed by atoms with Gasteiger partial charge in [-0.25, -0.2) is 0 Å². The Bertz CT molecular complexity index is 537. The zero-order valence-electron chi connectivity index (χ0n) is 15.5. The molecule has 0 saturated carbocycles. The summed E-state index contributed by atoms with van der Waals surface area (Å²) in [5.41, 5.74) is 0. The highest BCUT2D eigenvalue weighted by Crippen LogP contribution is 2.30. The van der Waals surface area contributed by atoms with Crippen LogP contribution in [-0.4, -0.2) is 134 Å². The molecule has 0 bridgehead atoms. The maximum Gasteiger partial charge on any atom is 0.187 e. The van der Waals surface area contributed by atoms with Gasteiger partial charge in [0.15, 0.2) is 18.9 Å². The highest BCUT2D eigenvalue weighted by atomic mass is 16.7. The summed E-state index contributed by atoms with van der Waals surface area (Å²) in [6, 6.07) is 0. The summed E-state index contributed by atoms with van der Waals surface area (Å²) >= 11 is 0. The van der Waals surface area contributed by atoms with Crippen LogP contribution in [0.25, 0.3) is 0 Å². The number of ether oxygens (including phenoxy) is 5. The van der Waals surface area contributed by atoms with Crippen molar-refractivity contribution in [3.63, 3.8) is 0 Å². The van der Waals surface area contributed by atoms with Crippen molar-refractivity contribution in [2.45, 2.75) is 86.8 Å². The van der Waals surface area contributed by atoms with Gasteiger partial charge in [-0.15, -0.1) is 0 Å². The van der Waals surface area contributed by atoms with Crippen LogP contribution in [0.2, 0.25) is 0 Å². The van der Waals surface area contributed by atoms with E-state index in [4.69, 9.17) is 23.7 Å². The summed E-state index contributed by atoms with van der Waals surface area (Å²) in [6.07, 6.45) is -18.9. The van der Waals surface area contributed by atoms with Crippen LogP contribution in [0.3, 0.4) is 0 Å². The molecule has 3 rings (SSSR count). The first kappa shape index (κ1) is 23.1. The van der Waals surface area contributed by atoms with Gasteiger partial charge in [-0.1, -0.05) is 0 Å². The Kier molecular flexibility index (Phi) is 7.44. The minimum Gasteiger partial charge on any atom is -0.388 e. The van der Waals surface area contributed by atoms with Crippen LogP contribution in [0.4, 0.5) is 0 Å². The van der Waals surface area contributed by atoms with Gasteiger partial charge in [-0.05, 0) is 6.92 Å². The van der Waals surface area contributed by atoms with Gasteiger partial charge in [0.2, 0.25) is 0 Å². The molecule has 3 aliphatic heterocycles. The van der Waals surface area contributed by atoms with E-state index in [1.54, 1.807) is 0 Å². The molecule has 170 valence electrons. The summed E-state index contributed by atoms with van der Waals surface area (Å²) in [4.78, 5) is 0. The first-order valence-corrected chi connectivity index (χ1v) is 9.26. The second kappa shape index (κ2) is 9.32. The Balaban J connectivity index is 1.69. The topological polar surface area (TPSA) is 208 Å². The third kappa shape index (κ3) is 4.72. The van der Waals surface area contributed by atoms with Crippen molar-refractivity contribution in [1.82, 2.24) is 0 Å². The molecule has 3 heterocycles. The van der Waals surface area contributed by atoms with E-state index >= 15 is 0 Å². The molecule has 0 amide bonds. The van der Waals surface area contributed by atoms with E-state index in [2.05, 4.69) is 0 Å². The van der Waals surface area contributed by atoms with Crippen molar-refractivity contribution < 1.29 is 64.5 Å². The second-order valence-electron chi connectivity index (χ2n) is 7.42. The van der Waals surface area contributed by atoms with Crippen molar-refractivity contribution in [3.05, 3.63) is 0 Å². The molecular weight excluding hydrogens is 400 g/mol. The fourth-order valence-electron chi connectivity index (χ4n) is 3.40. The minimum atomic E-state index is -1.68. The molecule has 0 aromatic heterocycles. The first-order chi connectivity index (χ1) is 13.6. The number of rotatable bonds is 4. The minimum absolute atomic E-state index is 0.317. The summed E-state index contributed by atoms with van der Waals surface area (Å²) in [7, 11) is 0. The van der Waals surface area contributed by atoms with E-state index in [1.165, 1.54) is 6.92 Å². The molecule has 13 heteroatoms. The van der Waals surface area contributed by atoms with Gasteiger partial charge in [0.05, 0.1) is 19.3 Å². The second-order valence-corrected chi connectivity index (χ2v) is 7.42. The maximum absolute atomic E-state index is 10.6. The van der Waals surface area contributed by atoms with Crippen molar-refractivity contribution in [2.75, 3.05) is 13.2 Å². The molecule has 0 aromatic carbocycles. The highest BCUT2D eigenvalue weighted by molar-refractivity contribution is 4.93. The van der Waals surface area contributed by atoms with Gasteiger partial charge in [0.25, 0.3) is 0 Å². The molecule has 0 aromatic rings. The number of aliphatic hydroxyl groups excluding tert-OH is 8. The lowest BCUT2D eigenvalue weighted by atomic mass is 9.98. The van der Waals surface area contributed by atoms with Gasteiger partial charge >= 0.3 is 0 Å². The highest BCUT2D eigenvalue weighted by Gasteiger charge is 2.50. The lowest BCUT2D eigenvalue weighted by Crippen LogP contribution is -2.64. The molecule has 8 N–H and O–H groups in total. The largest absolute Gasteiger partial charge is 0.388 e. The molecule has 3 aliphatic rings. The number of hydrogen-bond acceptors (Lipinski definition) is 13. The van der Waals surface area contributed by atoms with Gasteiger partial charge in [-0.3, -0.25) is 0 Å². The van der Waals surface area contributed by atoms with Crippen LogP contribution >= 0.6 is 0 Å². The Hall–Kier alpha value is -0.520. The van der Waals surface area contributed by atoms with E-state index in [0.29, 0.717) is 0 Å². The van der Waals surface area contributed by atoms with E-state index < -0.39 is 79.9 Å². The third-order valence-corrected chi connectivity index (χ3v) is 5.27. The van der Waals surface area contributed by atoms with E-state index in [0.717, 1.165) is 0 Å². The third-order valence-electron chi connectivity index (χ3n) is 5.27. The summed E-state index contributed by atoms with van der Waals surface area (Å²) in [5, 5.41) is 79.7. The zero-order valence-corrected chi connectivity index (χ0v) is 15.5. The molecule has 29 heavy (non-hydrogen) atoms. The molecule has 0 aliphatic carbocycles. The summed E-state index contributed by atoms with van der Waals surface area (Å²) < 4.78 is 26.2. The fourth-order valence-corrected chi connectivity index (χ4v) is 3.40. The SMILES string of the molecule is C[C@@H]1O[C@@H](O[C@@H]2[C@@H](O)[C@@H](O)CO[C@H]2O)[C@H](O)[C@H](O[C@@H]2OC[C@@H](O)[C@@H](O)[C@H]2O)[C@H]1O. The predicted octanol–water partition coefficient (Wildman–Crippen LogP) is -5.27. The Morgan fingerprint density at radius 3 is 1.90 bits per heavy atom. The molecule has 3 saturated heterocycles. The van der Waals surface area contributed by atoms with E-state index in [1.807, 2.05) is 0 Å². The molecule has 13 nitrogen and oxygen atoms in total. The molecule has 0 radical (unpaired) electrons. The van der Waals surface area contributed by atoms with Crippen LogP contribution < -0.4 is 0 Å². The van der Waals surface area contributed by atoms with Gasteiger partial charge < -0.3 is 64.5 Å². The van der Waals surface area contributed by atoms with Crippen LogP contribution in [0.5, 0.6) is 0 Å². The number of hydrogen-bond donors (Lipinski definition) is 8. The Morgan fingerprint density at radius 2 is 1.21 bits per heavy atom. The van der Waals surface area contributed by atoms with E-state index in [9.17, 15) is 40.9 Å². The van der Waals surface area contributed by atoms with Crippen molar-refractivity contribution in [1.29, 1.82) is 0 Å². The van der Waals surface area contributed by atoms with Crippen molar-refractivity contribution in [2.24, 2.45) is 0 Å². The maximum atomic E-state index is 10.6. The van der Waals surface area contributed by atoms with Crippen LogP contribution in [0, 0.1) is 0 Å². The quantitative estimate of drug-likeness (QED) is 0.211. The van der Waals surface area contributed by atoms with Gasteiger partial charge in [0, 0.05) is 0 Å². The van der Waals surface area contributed by atoms with Crippen molar-refractivity contribution in [3.8, 4) is 0 Å². The summed E-state index contributed by atoms with van der Waals surface area (Å²) in [5.74, 6) is 0. The monoisotopic (exact) mass is 428 g/mol. The van der Waals surface area contributed by atoms with Crippen molar-refractivity contribution >= 4 is 0 Å². The average Bonchev–Trinajstić information content (AvgIpc) is 2.69. The molecule has 0 unspecified atom stereocenters. The standard InChI is InChI=1S/C16H28O13/c1-4-7(19)12(28-15-10(22)8(20)5(17)3-26-15)11(23)16(27-4)29-13-9(21)6(18)2-25-14(13)24/h4-24H,2-3H2,1H3/t4-,5+,6-,7-,8+,9-,10+,11+,12+,13+,14+,15-,16-/m0/s1. The average molecular weight is 428 g/mol. The summed E-state index contributed by atoms with van der Waals surface area (Å²) in [6.45, 7) is 0.783. The van der Waals surface area contributed by atoms with Crippen LogP contribution in [0.1, 0.15) is 6.92 Å². The van der Waals surface area contributed by atoms with Crippen LogP contribution in [0.15, 0.2) is 0 Å². The molecule has 0 spiro atoms. The first-order valence-electron chi connectivity index (χ1n) is 9.26. The lowest BCUT2D eigenvalue weighted by Gasteiger charge is -2.46. The lowest BCUT2D eigenvalue weighted by molar-refractivity contribution is -0.369. The predicted molar refractivity (Wildman–Crippen MR) is 87.8 cm³/mol. The van der Waals surface area contributed by atoms with Gasteiger partial charge in [-0.2, -0.15) is 0 Å². The molecule has 3 fully saturated rings. The number of aliphatic hydroxyl groups is 8. The van der Waals surface area contributed by atoms with Gasteiger partial charge in [0.1, 0.15) is 54.9 Å². The van der Waals surface area contributed by atoms with Crippen LogP contribution in [-0.2, 0) is 23.7 Å². The fraction of sp³-hybridized carbons (Fsp3) is 1.00. The molecular formula is C16H28O13.